The molecule has 11 nitrogen and oxygen atoms in total. The lowest BCUT2D eigenvalue weighted by Gasteiger charge is -2.39. The van der Waals surface area contributed by atoms with Gasteiger partial charge >= 0.3 is 6.09 Å². The highest BCUT2D eigenvalue weighted by Gasteiger charge is 2.54. The summed E-state index contributed by atoms with van der Waals surface area (Å²) in [5, 5.41) is 4.84. The molecule has 0 atom stereocenters. The van der Waals surface area contributed by atoms with Crippen LogP contribution in [0.5, 0.6) is 0 Å². The van der Waals surface area contributed by atoms with Gasteiger partial charge in [0.05, 0.1) is 38.6 Å². The number of aromatic nitrogens is 4. The Morgan fingerprint density at radius 3 is 2.33 bits per heavy atom. The number of aryl methyl sites for hydroxylation is 1. The van der Waals surface area contributed by atoms with Crippen LogP contribution in [0.2, 0.25) is 0 Å². The van der Waals surface area contributed by atoms with Crippen LogP contribution in [0.1, 0.15) is 39.2 Å². The minimum Gasteiger partial charge on any atom is -0.444 e. The van der Waals surface area contributed by atoms with Crippen LogP contribution in [0.15, 0.2) is 58.3 Å². The summed E-state index contributed by atoms with van der Waals surface area (Å²) in [7, 11) is -0.657. The lowest BCUT2D eigenvalue weighted by Crippen LogP contribution is -2.50. The van der Waals surface area contributed by atoms with E-state index >= 15 is 0 Å². The van der Waals surface area contributed by atoms with Crippen LogP contribution in [-0.2, 0) is 32.0 Å². The predicted octanol–water partition coefficient (Wildman–Crippen LogP) is 4.68. The number of fused-ring (bicyclic) bond motifs is 4. The Labute approximate surface area is 252 Å². The monoisotopic (exact) mass is 654 g/mol. The van der Waals surface area contributed by atoms with Crippen LogP contribution >= 0.6 is 15.9 Å². The fourth-order valence-electron chi connectivity index (χ4n) is 6.02. The minimum absolute atomic E-state index is 0.107. The van der Waals surface area contributed by atoms with Gasteiger partial charge in [-0.15, -0.1) is 0 Å². The molecule has 0 radical (unpaired) electrons. The highest BCUT2D eigenvalue weighted by atomic mass is 79.9. The number of piperidine rings is 1. The van der Waals surface area contributed by atoms with Crippen LogP contribution in [0.4, 0.5) is 10.5 Å². The number of nitrogens with zero attached hydrogens (tertiary/aromatic N) is 6. The molecule has 0 saturated carbocycles. The summed E-state index contributed by atoms with van der Waals surface area (Å²) in [6.07, 6.45) is 5.20. The van der Waals surface area contributed by atoms with Gasteiger partial charge in [-0.3, -0.25) is 9.48 Å². The van der Waals surface area contributed by atoms with Crippen molar-refractivity contribution < 1.29 is 22.7 Å². The van der Waals surface area contributed by atoms with Gasteiger partial charge in [0.2, 0.25) is 5.91 Å². The molecule has 4 aromatic rings. The van der Waals surface area contributed by atoms with Crippen molar-refractivity contribution in [2.45, 2.75) is 49.5 Å². The molecule has 0 bridgehead atoms. The molecule has 6 rings (SSSR count). The van der Waals surface area contributed by atoms with E-state index < -0.39 is 27.1 Å². The zero-order valence-electron chi connectivity index (χ0n) is 24.0. The first-order valence-corrected chi connectivity index (χ1v) is 15.8. The van der Waals surface area contributed by atoms with E-state index in [0.29, 0.717) is 58.3 Å². The summed E-state index contributed by atoms with van der Waals surface area (Å²) < 4.78 is 37.4. The number of amides is 2. The summed E-state index contributed by atoms with van der Waals surface area (Å²) in [5.74, 6) is -0.107. The van der Waals surface area contributed by atoms with Crippen LogP contribution in [0.25, 0.3) is 22.3 Å². The van der Waals surface area contributed by atoms with Crippen molar-refractivity contribution in [1.82, 2.24) is 23.6 Å². The molecule has 0 N–H and O–H groups in total. The van der Waals surface area contributed by atoms with Crippen molar-refractivity contribution in [3.8, 4) is 11.3 Å². The van der Waals surface area contributed by atoms with Gasteiger partial charge in [0.1, 0.15) is 5.60 Å². The molecule has 2 aliphatic rings. The Balaban J connectivity index is 1.57. The molecule has 1 spiro atoms. The Hall–Kier alpha value is -3.71. The van der Waals surface area contributed by atoms with Gasteiger partial charge in [-0.1, -0.05) is 18.2 Å². The van der Waals surface area contributed by atoms with Crippen molar-refractivity contribution in [2.24, 2.45) is 7.05 Å². The van der Waals surface area contributed by atoms with Crippen molar-refractivity contribution in [3.05, 3.63) is 59.0 Å². The van der Waals surface area contributed by atoms with E-state index in [1.807, 2.05) is 20.8 Å². The predicted molar refractivity (Wildman–Crippen MR) is 161 cm³/mol. The van der Waals surface area contributed by atoms with Crippen molar-refractivity contribution in [1.29, 1.82) is 0 Å². The van der Waals surface area contributed by atoms with Gasteiger partial charge in [-0.05, 0) is 61.7 Å². The third-order valence-electron chi connectivity index (χ3n) is 7.94. The van der Waals surface area contributed by atoms with Gasteiger partial charge < -0.3 is 14.5 Å². The molecule has 2 aliphatic heterocycles. The number of ether oxygens (including phenoxy) is 1. The average Bonchev–Trinajstić information content (AvgIpc) is 3.57. The standard InChI is InChI=1S/C29H31BrN6O5S/c1-28(2,3)41-27(38)35-13-11-29(12-14-35)22-20(34(5)26(29)37)16-31-25-21(22)23(30)24(18-15-32-33(4)17-18)36(25)42(39,40)19-9-7-6-8-10-19/h6-10,15-17H,11-14H2,1-5H3. The fourth-order valence-corrected chi connectivity index (χ4v) is 8.44. The van der Waals surface area contributed by atoms with E-state index in [9.17, 15) is 18.0 Å². The summed E-state index contributed by atoms with van der Waals surface area (Å²) >= 11 is 3.75. The summed E-state index contributed by atoms with van der Waals surface area (Å²) in [6, 6.07) is 8.18. The number of carbonyl (C=O) groups is 2. The van der Waals surface area contributed by atoms with E-state index in [2.05, 4.69) is 26.0 Å². The second-order valence-corrected chi connectivity index (χ2v) is 14.4. The van der Waals surface area contributed by atoms with E-state index in [1.54, 1.807) is 77.5 Å². The van der Waals surface area contributed by atoms with Crippen molar-refractivity contribution in [2.75, 3.05) is 25.0 Å². The minimum atomic E-state index is -4.12. The summed E-state index contributed by atoms with van der Waals surface area (Å²) in [5.41, 5.74) is 0.865. The second-order valence-electron chi connectivity index (χ2n) is 11.8. The number of hydrogen-bond donors (Lipinski definition) is 0. The van der Waals surface area contributed by atoms with Gasteiger partial charge in [-0.25, -0.2) is 22.2 Å². The SMILES string of the molecule is CN1C(=O)C2(CCN(C(=O)OC(C)(C)C)CC2)c2c1cnc1c2c(Br)c(-c2cnn(C)c2)n1S(=O)(=O)c1ccccc1. The smallest absolute Gasteiger partial charge is 0.410 e. The molecule has 42 heavy (non-hydrogen) atoms. The van der Waals surface area contributed by atoms with Gasteiger partial charge in [0.15, 0.2) is 5.65 Å². The normalized spacial score (nSPS) is 16.9. The number of likely N-dealkylation sites (N-methyl/N-ethyl adjacent to an activating group) is 1. The van der Waals surface area contributed by atoms with E-state index in [1.165, 1.54) is 3.97 Å². The maximum absolute atomic E-state index is 14.2. The lowest BCUT2D eigenvalue weighted by molar-refractivity contribution is -0.124. The molecule has 1 aromatic carbocycles. The van der Waals surface area contributed by atoms with Gasteiger partial charge in [-0.2, -0.15) is 5.10 Å². The number of rotatable bonds is 3. The molecule has 0 aliphatic carbocycles. The molecular formula is C29H31BrN6O5S. The number of carbonyl (C=O) groups excluding carboxylic acids is 2. The topological polar surface area (TPSA) is 120 Å². The Morgan fingerprint density at radius 1 is 1.07 bits per heavy atom. The van der Waals surface area contributed by atoms with Gasteiger partial charge in [0, 0.05) is 49.9 Å². The van der Waals surface area contributed by atoms with Crippen LogP contribution < -0.4 is 4.90 Å². The Bertz CT molecular complexity index is 1850. The van der Waals surface area contributed by atoms with E-state index in [-0.39, 0.29) is 16.4 Å². The molecular weight excluding hydrogens is 624 g/mol. The highest BCUT2D eigenvalue weighted by Crippen LogP contribution is 2.53. The number of pyridine rings is 1. The number of hydrogen-bond acceptors (Lipinski definition) is 7. The second kappa shape index (κ2) is 9.66. The number of anilines is 1. The molecule has 13 heteroatoms. The van der Waals surface area contributed by atoms with Crippen molar-refractivity contribution >= 4 is 54.7 Å². The Kier molecular flexibility index (Phi) is 6.54. The zero-order valence-corrected chi connectivity index (χ0v) is 26.4. The molecule has 0 unspecified atom stereocenters. The first-order chi connectivity index (χ1) is 19.8. The molecule has 1 fully saturated rings. The zero-order chi connectivity index (χ0) is 30.2. The molecule has 220 valence electrons. The average molecular weight is 656 g/mol. The van der Waals surface area contributed by atoms with Crippen LogP contribution in [-0.4, -0.2) is 69.8 Å². The van der Waals surface area contributed by atoms with Crippen molar-refractivity contribution in [3.63, 3.8) is 0 Å². The lowest BCUT2D eigenvalue weighted by atomic mass is 9.73. The molecule has 1 saturated heterocycles. The molecule has 2 amide bonds. The highest BCUT2D eigenvalue weighted by molar-refractivity contribution is 9.10. The first-order valence-electron chi connectivity index (χ1n) is 13.6. The quantitative estimate of drug-likeness (QED) is 0.315. The molecule has 5 heterocycles. The summed E-state index contributed by atoms with van der Waals surface area (Å²) in [6.45, 7) is 6.08. The summed E-state index contributed by atoms with van der Waals surface area (Å²) in [4.78, 5) is 34.8. The first kappa shape index (κ1) is 28.4. The van der Waals surface area contributed by atoms with E-state index in [4.69, 9.17) is 4.74 Å². The van der Waals surface area contributed by atoms with Gasteiger partial charge in [0.25, 0.3) is 10.0 Å². The maximum Gasteiger partial charge on any atom is 0.410 e. The largest absolute Gasteiger partial charge is 0.444 e. The van der Waals surface area contributed by atoms with Crippen LogP contribution in [0, 0.1) is 0 Å². The Morgan fingerprint density at radius 2 is 1.74 bits per heavy atom. The third kappa shape index (κ3) is 4.24. The third-order valence-corrected chi connectivity index (χ3v) is 10.4. The van der Waals surface area contributed by atoms with Crippen LogP contribution in [0.3, 0.4) is 0 Å². The maximum atomic E-state index is 14.2. The number of benzene rings is 1. The fraction of sp³-hybridized carbons (Fsp3) is 0.379. The molecule has 3 aromatic heterocycles. The number of halogens is 1. The number of likely N-dealkylation sites (tertiary alicyclic amines) is 1. The van der Waals surface area contributed by atoms with E-state index in [0.717, 1.165) is 0 Å².